The van der Waals surface area contributed by atoms with Gasteiger partial charge in [-0.25, -0.2) is 23.6 Å². The molecule has 0 aromatic heterocycles. The molecule has 5 rings (SSSR count). The normalized spacial score (nSPS) is 19.4. The molecule has 0 saturated carbocycles. The van der Waals surface area contributed by atoms with Crippen molar-refractivity contribution in [2.24, 2.45) is 0 Å². The number of fused-ring (bicyclic) bond motifs is 1. The Labute approximate surface area is 281 Å². The number of hydrogen-bond donors (Lipinski definition) is 5. The zero-order chi connectivity index (χ0) is 34.5. The molecule has 3 aliphatic rings. The Balaban J connectivity index is 0.000000312. The van der Waals surface area contributed by atoms with Crippen molar-refractivity contribution in [3.8, 4) is 0 Å². The summed E-state index contributed by atoms with van der Waals surface area (Å²) in [6.07, 6.45) is 3.25. The van der Waals surface area contributed by atoms with Crippen molar-refractivity contribution < 1.29 is 44.0 Å². The van der Waals surface area contributed by atoms with Crippen molar-refractivity contribution in [2.75, 3.05) is 52.4 Å². The van der Waals surface area contributed by atoms with Gasteiger partial charge in [0.2, 0.25) is 0 Å². The molecule has 2 aromatic rings. The summed E-state index contributed by atoms with van der Waals surface area (Å²) >= 11 is 11.7. The molecule has 0 spiro atoms. The zero-order valence-electron chi connectivity index (χ0n) is 25.3. The molecule has 15 heteroatoms. The van der Waals surface area contributed by atoms with Crippen LogP contribution in [0.3, 0.4) is 0 Å². The molecule has 5 N–H and O–H groups in total. The highest BCUT2D eigenvalue weighted by Crippen LogP contribution is 2.47. The van der Waals surface area contributed by atoms with Gasteiger partial charge in [-0.05, 0) is 59.6 Å². The van der Waals surface area contributed by atoms with E-state index >= 15 is 0 Å². The van der Waals surface area contributed by atoms with Crippen LogP contribution in [-0.4, -0.2) is 116 Å². The van der Waals surface area contributed by atoms with E-state index in [1.807, 2.05) is 18.2 Å². The second-order valence-electron chi connectivity index (χ2n) is 10.7. The Morgan fingerprint density at radius 2 is 1.36 bits per heavy atom. The topological polar surface area (TPSA) is 171 Å². The highest BCUT2D eigenvalue weighted by Gasteiger charge is 2.36. The maximum Gasteiger partial charge on any atom is 0.328 e. The Bertz CT molecular complexity index is 1430. The summed E-state index contributed by atoms with van der Waals surface area (Å²) in [4.78, 5) is 45.7. The first kappa shape index (κ1) is 37.1. The number of piperazine rings is 1. The maximum atomic E-state index is 13.5. The van der Waals surface area contributed by atoms with Gasteiger partial charge in [-0.2, -0.15) is 0 Å². The second kappa shape index (κ2) is 18.1. The lowest BCUT2D eigenvalue weighted by molar-refractivity contribution is -0.134. The molecule has 12 nitrogen and oxygen atoms in total. The lowest BCUT2D eigenvalue weighted by Crippen LogP contribution is -2.49. The fourth-order valence-electron chi connectivity index (χ4n) is 5.55. The third-order valence-corrected chi connectivity index (χ3v) is 8.37. The summed E-state index contributed by atoms with van der Waals surface area (Å²) in [5, 5.41) is 36.1. The summed E-state index contributed by atoms with van der Waals surface area (Å²) in [6.45, 7) is 8.33. The van der Waals surface area contributed by atoms with Crippen molar-refractivity contribution in [2.45, 2.75) is 18.4 Å². The molecule has 2 aliphatic heterocycles. The lowest BCUT2D eigenvalue weighted by atomic mass is 9.93. The fourth-order valence-corrected chi connectivity index (χ4v) is 6.02. The summed E-state index contributed by atoms with van der Waals surface area (Å²) in [5.41, 5.74) is 3.84. The Morgan fingerprint density at radius 1 is 0.809 bits per heavy atom. The number of halogens is 2. The molecular formula is C32H36ClFN4O8S. The van der Waals surface area contributed by atoms with Crippen LogP contribution >= 0.6 is 23.8 Å². The van der Waals surface area contributed by atoms with Crippen LogP contribution in [0, 0.1) is 5.82 Å². The van der Waals surface area contributed by atoms with Crippen LogP contribution in [0.25, 0.3) is 0 Å². The zero-order valence-corrected chi connectivity index (χ0v) is 26.9. The Kier molecular flexibility index (Phi) is 14.3. The van der Waals surface area contributed by atoms with Crippen LogP contribution in [0.5, 0.6) is 0 Å². The van der Waals surface area contributed by atoms with Gasteiger partial charge in [0.15, 0.2) is 5.11 Å². The van der Waals surface area contributed by atoms with E-state index < -0.39 is 23.9 Å². The molecule has 0 bridgehead atoms. The van der Waals surface area contributed by atoms with E-state index in [0.29, 0.717) is 30.3 Å². The molecule has 2 aromatic carbocycles. The van der Waals surface area contributed by atoms with Crippen molar-refractivity contribution in [3.05, 3.63) is 94.3 Å². The van der Waals surface area contributed by atoms with Gasteiger partial charge >= 0.3 is 23.9 Å². The molecular weight excluding hydrogens is 655 g/mol. The molecule has 2 saturated heterocycles. The second-order valence-corrected chi connectivity index (χ2v) is 11.6. The average molecular weight is 691 g/mol. The van der Waals surface area contributed by atoms with Gasteiger partial charge in [-0.1, -0.05) is 29.8 Å². The molecule has 2 atom stereocenters. The predicted molar refractivity (Wildman–Crippen MR) is 176 cm³/mol. The molecule has 0 radical (unpaired) electrons. The van der Waals surface area contributed by atoms with Crippen LogP contribution in [0.2, 0.25) is 5.02 Å². The van der Waals surface area contributed by atoms with Crippen LogP contribution in [0.15, 0.2) is 66.8 Å². The number of rotatable bonds is 9. The van der Waals surface area contributed by atoms with Crippen LogP contribution in [0.4, 0.5) is 4.39 Å². The molecule has 0 amide bonds. The first-order chi connectivity index (χ1) is 22.3. The van der Waals surface area contributed by atoms with E-state index in [0.717, 1.165) is 68.9 Å². The van der Waals surface area contributed by atoms with Crippen LogP contribution in [0.1, 0.15) is 35.1 Å². The van der Waals surface area contributed by atoms with Gasteiger partial charge in [0, 0.05) is 93.6 Å². The van der Waals surface area contributed by atoms with Gasteiger partial charge in [0.25, 0.3) is 0 Å². The van der Waals surface area contributed by atoms with Crippen molar-refractivity contribution in [3.63, 3.8) is 0 Å². The van der Waals surface area contributed by atoms with Crippen LogP contribution < -0.4 is 5.32 Å². The number of hydrogen-bond acceptors (Lipinski definition) is 7. The minimum Gasteiger partial charge on any atom is -0.478 e. The first-order valence-corrected chi connectivity index (χ1v) is 15.4. The van der Waals surface area contributed by atoms with Crippen molar-refractivity contribution in [1.29, 1.82) is 0 Å². The number of thiocarbonyl (C=S) groups is 1. The molecule has 2 heterocycles. The standard InChI is InChI=1S/C24H28ClFN4S.2C4H4O4/c25-18-3-6-20-22(15-18)21(17-1-4-19(26)5-2-17)16-23(20)29-12-9-28(10-13-29)11-14-30-8-7-27-24(30)31;2*5-3(6)1-2-4(7)8/h1-6,15,21,23H,7-14,16H2,(H,27,31);2*1-2H,(H,5,6)(H,7,8)/b;2*2-1-/t21-,23+;;/m1../s1. The van der Waals surface area contributed by atoms with E-state index in [1.165, 1.54) is 16.7 Å². The van der Waals surface area contributed by atoms with Crippen LogP contribution in [-0.2, 0) is 19.2 Å². The fraction of sp³-hybridized carbons (Fsp3) is 0.344. The Morgan fingerprint density at radius 3 is 1.85 bits per heavy atom. The maximum absolute atomic E-state index is 13.5. The largest absolute Gasteiger partial charge is 0.478 e. The number of carboxylic acids is 4. The quantitative estimate of drug-likeness (QED) is 0.192. The number of benzene rings is 2. The van der Waals surface area contributed by atoms with Crippen molar-refractivity contribution >= 4 is 52.8 Å². The van der Waals surface area contributed by atoms with Gasteiger partial charge < -0.3 is 30.6 Å². The molecule has 2 fully saturated rings. The Hall–Kier alpha value is -4.37. The van der Waals surface area contributed by atoms with E-state index in [1.54, 1.807) is 12.1 Å². The molecule has 252 valence electrons. The SMILES string of the molecule is Fc1ccc([C@H]2C[C@H](N3CCN(CCN4CCNC4=S)CC3)c3ccc(Cl)cc32)cc1.O=C(O)/C=C\C(=O)O.O=C(O)/C=C\C(=O)O. The highest BCUT2D eigenvalue weighted by molar-refractivity contribution is 7.80. The monoisotopic (exact) mass is 690 g/mol. The van der Waals surface area contributed by atoms with E-state index in [9.17, 15) is 23.6 Å². The summed E-state index contributed by atoms with van der Waals surface area (Å²) < 4.78 is 13.5. The molecule has 0 unspecified atom stereocenters. The number of carboxylic acid groups (broad SMARTS) is 4. The predicted octanol–water partition coefficient (Wildman–Crippen LogP) is 3.29. The summed E-state index contributed by atoms with van der Waals surface area (Å²) in [5.74, 6) is -4.95. The number of nitrogens with zero attached hydrogens (tertiary/aromatic N) is 3. The van der Waals surface area contributed by atoms with E-state index in [-0.39, 0.29) is 11.7 Å². The minimum absolute atomic E-state index is 0.189. The van der Waals surface area contributed by atoms with Gasteiger partial charge in [0.1, 0.15) is 5.82 Å². The number of nitrogens with one attached hydrogen (secondary N) is 1. The third kappa shape index (κ3) is 12.1. The minimum atomic E-state index is -1.26. The first-order valence-electron chi connectivity index (χ1n) is 14.7. The van der Waals surface area contributed by atoms with Gasteiger partial charge in [0.05, 0.1) is 0 Å². The lowest BCUT2D eigenvalue weighted by Gasteiger charge is -2.39. The van der Waals surface area contributed by atoms with E-state index in [2.05, 4.69) is 32.1 Å². The number of aliphatic carboxylic acids is 4. The molecule has 47 heavy (non-hydrogen) atoms. The molecule has 1 aliphatic carbocycles. The van der Waals surface area contributed by atoms with E-state index in [4.69, 9.17) is 44.2 Å². The van der Waals surface area contributed by atoms with Gasteiger partial charge in [-0.15, -0.1) is 0 Å². The highest BCUT2D eigenvalue weighted by atomic mass is 35.5. The summed E-state index contributed by atoms with van der Waals surface area (Å²) in [7, 11) is 0. The van der Waals surface area contributed by atoms with Gasteiger partial charge in [-0.3, -0.25) is 9.80 Å². The van der Waals surface area contributed by atoms with Crippen molar-refractivity contribution in [1.82, 2.24) is 20.0 Å². The smallest absolute Gasteiger partial charge is 0.328 e. The number of carbonyl (C=O) groups is 4. The average Bonchev–Trinajstić information content (AvgIpc) is 3.62. The third-order valence-electron chi connectivity index (χ3n) is 7.73. The summed E-state index contributed by atoms with van der Waals surface area (Å²) in [6, 6.07) is 13.7.